The van der Waals surface area contributed by atoms with Gasteiger partial charge in [0.2, 0.25) is 0 Å². The van der Waals surface area contributed by atoms with E-state index < -0.39 is 0 Å². The molecule has 3 unspecified atom stereocenters. The van der Waals surface area contributed by atoms with Crippen molar-refractivity contribution >= 4 is 11.6 Å². The number of aromatic nitrogens is 3. The highest BCUT2D eigenvalue weighted by Crippen LogP contribution is 2.40. The lowest BCUT2D eigenvalue weighted by atomic mass is 9.76. The van der Waals surface area contributed by atoms with E-state index in [2.05, 4.69) is 17.2 Å². The van der Waals surface area contributed by atoms with E-state index in [1.165, 1.54) is 18.5 Å². The zero-order valence-electron chi connectivity index (χ0n) is 9.36. The van der Waals surface area contributed by atoms with E-state index in [0.29, 0.717) is 11.3 Å². The lowest BCUT2D eigenvalue weighted by Gasteiger charge is -2.33. The smallest absolute Gasteiger partial charge is 0.0728 e. The van der Waals surface area contributed by atoms with Crippen LogP contribution in [0, 0.1) is 5.92 Å². The largest absolute Gasteiger partial charge is 0.252 e. The van der Waals surface area contributed by atoms with Crippen molar-refractivity contribution in [1.82, 2.24) is 15.0 Å². The minimum Gasteiger partial charge on any atom is -0.252 e. The van der Waals surface area contributed by atoms with Gasteiger partial charge in [-0.15, -0.1) is 16.7 Å². The topological polar surface area (TPSA) is 30.7 Å². The Morgan fingerprint density at radius 3 is 2.93 bits per heavy atom. The van der Waals surface area contributed by atoms with Crippen molar-refractivity contribution in [1.29, 1.82) is 0 Å². The average Bonchev–Trinajstić information content (AvgIpc) is 2.64. The highest BCUT2D eigenvalue weighted by atomic mass is 35.5. The van der Waals surface area contributed by atoms with Gasteiger partial charge >= 0.3 is 0 Å². The van der Waals surface area contributed by atoms with E-state index in [1.807, 2.05) is 17.9 Å². The molecule has 0 bridgehead atoms. The van der Waals surface area contributed by atoms with Crippen LogP contribution in [0.15, 0.2) is 6.20 Å². The van der Waals surface area contributed by atoms with E-state index in [9.17, 15) is 0 Å². The van der Waals surface area contributed by atoms with Crippen LogP contribution in [0.3, 0.4) is 0 Å². The van der Waals surface area contributed by atoms with Gasteiger partial charge in [0.15, 0.2) is 0 Å². The Hall–Kier alpha value is -0.570. The van der Waals surface area contributed by atoms with Crippen molar-refractivity contribution in [2.75, 3.05) is 0 Å². The molecule has 0 aliphatic heterocycles. The summed E-state index contributed by atoms with van der Waals surface area (Å²) in [4.78, 5) is 0. The van der Waals surface area contributed by atoms with Crippen LogP contribution in [0.1, 0.15) is 44.2 Å². The summed E-state index contributed by atoms with van der Waals surface area (Å²) in [6, 6.07) is 0. The van der Waals surface area contributed by atoms with Gasteiger partial charge in [-0.2, -0.15) is 0 Å². The lowest BCUT2D eigenvalue weighted by molar-refractivity contribution is 0.292. The molecular formula is C11H18ClN3. The standard InChI is InChI=1S/C11H18ClN3/c1-3-8-4-5-9(12)6-10(8)11-7-13-14-15(11)2/h7-10H,3-6H2,1-2H3. The first-order valence-electron chi connectivity index (χ1n) is 5.71. The number of hydrogen-bond donors (Lipinski definition) is 0. The molecule has 1 aromatic rings. The van der Waals surface area contributed by atoms with Crippen molar-refractivity contribution < 1.29 is 0 Å². The predicted molar refractivity (Wildman–Crippen MR) is 61.0 cm³/mol. The first-order chi connectivity index (χ1) is 7.22. The van der Waals surface area contributed by atoms with Gasteiger partial charge in [-0.3, -0.25) is 4.68 Å². The summed E-state index contributed by atoms with van der Waals surface area (Å²) in [5.41, 5.74) is 1.24. The first kappa shape index (κ1) is 10.9. The highest BCUT2D eigenvalue weighted by Gasteiger charge is 2.31. The molecule has 15 heavy (non-hydrogen) atoms. The molecule has 0 amide bonds. The third-order valence-corrected chi connectivity index (χ3v) is 3.98. The monoisotopic (exact) mass is 227 g/mol. The number of aryl methyl sites for hydroxylation is 1. The summed E-state index contributed by atoms with van der Waals surface area (Å²) in [5, 5.41) is 8.30. The average molecular weight is 228 g/mol. The fourth-order valence-corrected chi connectivity index (χ4v) is 2.98. The van der Waals surface area contributed by atoms with Crippen LogP contribution >= 0.6 is 11.6 Å². The number of halogens is 1. The number of rotatable bonds is 2. The van der Waals surface area contributed by atoms with Crippen LogP contribution in [0.5, 0.6) is 0 Å². The first-order valence-corrected chi connectivity index (χ1v) is 6.14. The molecule has 1 fully saturated rings. The molecule has 0 spiro atoms. The third kappa shape index (κ3) is 2.17. The second-order valence-electron chi connectivity index (χ2n) is 4.47. The maximum atomic E-state index is 6.25. The SMILES string of the molecule is CCC1CCC(Cl)CC1c1cnnn1C. The van der Waals surface area contributed by atoms with E-state index in [0.717, 1.165) is 18.8 Å². The number of hydrogen-bond acceptors (Lipinski definition) is 2. The zero-order chi connectivity index (χ0) is 10.8. The van der Waals surface area contributed by atoms with Gasteiger partial charge in [0.25, 0.3) is 0 Å². The molecule has 1 aliphatic carbocycles. The Morgan fingerprint density at radius 1 is 1.53 bits per heavy atom. The fourth-order valence-electron chi connectivity index (χ4n) is 2.67. The molecule has 1 aromatic heterocycles. The number of nitrogens with zero attached hydrogens (tertiary/aromatic N) is 3. The Kier molecular flexibility index (Phi) is 3.29. The number of alkyl halides is 1. The van der Waals surface area contributed by atoms with Crippen molar-refractivity contribution in [2.45, 2.75) is 43.9 Å². The van der Waals surface area contributed by atoms with Crippen LogP contribution in [0.4, 0.5) is 0 Å². The Balaban J connectivity index is 2.20. The van der Waals surface area contributed by atoms with Crippen LogP contribution in [-0.2, 0) is 7.05 Å². The van der Waals surface area contributed by atoms with Crippen molar-refractivity contribution in [2.24, 2.45) is 13.0 Å². The lowest BCUT2D eigenvalue weighted by Crippen LogP contribution is -2.25. The minimum absolute atomic E-state index is 0.327. The molecule has 3 atom stereocenters. The summed E-state index contributed by atoms with van der Waals surface area (Å²) in [7, 11) is 1.97. The van der Waals surface area contributed by atoms with E-state index in [-0.39, 0.29) is 0 Å². The molecule has 1 heterocycles. The summed E-state index contributed by atoms with van der Waals surface area (Å²) in [6.07, 6.45) is 6.57. The van der Waals surface area contributed by atoms with Crippen molar-refractivity contribution in [3.8, 4) is 0 Å². The molecule has 0 radical (unpaired) electrons. The van der Waals surface area contributed by atoms with Crippen molar-refractivity contribution in [3.05, 3.63) is 11.9 Å². The van der Waals surface area contributed by atoms with Gasteiger partial charge in [-0.25, -0.2) is 0 Å². The molecule has 0 N–H and O–H groups in total. The molecule has 1 saturated carbocycles. The Labute approximate surface area is 95.8 Å². The second-order valence-corrected chi connectivity index (χ2v) is 5.08. The normalized spacial score (nSPS) is 31.8. The minimum atomic E-state index is 0.327. The van der Waals surface area contributed by atoms with Crippen LogP contribution in [0.2, 0.25) is 0 Å². The van der Waals surface area contributed by atoms with Gasteiger partial charge in [0.1, 0.15) is 0 Å². The molecule has 0 aromatic carbocycles. The van der Waals surface area contributed by atoms with Gasteiger partial charge in [-0.1, -0.05) is 18.6 Å². The second kappa shape index (κ2) is 4.52. The van der Waals surface area contributed by atoms with Gasteiger partial charge < -0.3 is 0 Å². The maximum Gasteiger partial charge on any atom is 0.0728 e. The Bertz CT molecular complexity index is 323. The zero-order valence-corrected chi connectivity index (χ0v) is 10.1. The molecule has 2 rings (SSSR count). The van der Waals surface area contributed by atoms with E-state index in [1.54, 1.807) is 0 Å². The quantitative estimate of drug-likeness (QED) is 0.728. The van der Waals surface area contributed by atoms with Gasteiger partial charge in [0.05, 0.1) is 11.9 Å². The Morgan fingerprint density at radius 2 is 2.33 bits per heavy atom. The molecular weight excluding hydrogens is 210 g/mol. The molecule has 3 nitrogen and oxygen atoms in total. The maximum absolute atomic E-state index is 6.25. The summed E-state index contributed by atoms with van der Waals surface area (Å²) in [6.45, 7) is 2.26. The highest BCUT2D eigenvalue weighted by molar-refractivity contribution is 6.20. The van der Waals surface area contributed by atoms with Crippen LogP contribution < -0.4 is 0 Å². The van der Waals surface area contributed by atoms with Crippen LogP contribution in [0.25, 0.3) is 0 Å². The van der Waals surface area contributed by atoms with Crippen LogP contribution in [-0.4, -0.2) is 20.4 Å². The molecule has 4 heteroatoms. The van der Waals surface area contributed by atoms with Gasteiger partial charge in [-0.05, 0) is 25.2 Å². The summed E-state index contributed by atoms with van der Waals surface area (Å²) >= 11 is 6.25. The molecule has 1 aliphatic rings. The molecule has 84 valence electrons. The van der Waals surface area contributed by atoms with Gasteiger partial charge in [0, 0.05) is 18.3 Å². The molecule has 0 saturated heterocycles. The third-order valence-electron chi connectivity index (χ3n) is 3.58. The van der Waals surface area contributed by atoms with Crippen molar-refractivity contribution in [3.63, 3.8) is 0 Å². The summed E-state index contributed by atoms with van der Waals surface area (Å²) in [5.74, 6) is 1.29. The van der Waals surface area contributed by atoms with E-state index in [4.69, 9.17) is 11.6 Å². The fraction of sp³-hybridized carbons (Fsp3) is 0.818. The summed E-state index contributed by atoms with van der Waals surface area (Å²) < 4.78 is 1.89. The van der Waals surface area contributed by atoms with E-state index >= 15 is 0 Å². The predicted octanol–water partition coefficient (Wildman–Crippen LogP) is 2.72.